The molecule has 0 aliphatic heterocycles. The van der Waals surface area contributed by atoms with Crippen LogP contribution in [0.1, 0.15) is 20.8 Å². The molecule has 3 aromatic rings. The highest BCUT2D eigenvalue weighted by atomic mass is 35.5. The van der Waals surface area contributed by atoms with Crippen LogP contribution in [0.3, 0.4) is 0 Å². The van der Waals surface area contributed by atoms with Gasteiger partial charge in [-0.05, 0) is 24.3 Å². The van der Waals surface area contributed by atoms with Crippen LogP contribution in [0, 0.1) is 0 Å². The number of methoxy groups -OCH3 is 2. The normalized spacial score (nSPS) is 10.8. The minimum Gasteiger partial charge on any atom is -0.493 e. The number of amides is 1. The highest BCUT2D eigenvalue weighted by Crippen LogP contribution is 2.35. The molecule has 0 saturated carbocycles. The van der Waals surface area contributed by atoms with Crippen LogP contribution in [0.4, 0.5) is 14.5 Å². The lowest BCUT2D eigenvalue weighted by atomic mass is 10.1. The molecule has 0 radical (unpaired) electrons. The Bertz CT molecular complexity index is 1080. The second-order valence-corrected chi connectivity index (χ2v) is 6.22. The van der Waals surface area contributed by atoms with Gasteiger partial charge in [-0.2, -0.15) is 8.78 Å². The molecular formula is C19H15ClF2N2O5. The molecule has 1 aromatic heterocycles. The fourth-order valence-electron chi connectivity index (χ4n) is 2.71. The van der Waals surface area contributed by atoms with Gasteiger partial charge in [0, 0.05) is 28.1 Å². The molecule has 0 spiro atoms. The number of ether oxygens (including phenoxy) is 3. The van der Waals surface area contributed by atoms with Crippen molar-refractivity contribution in [3.8, 4) is 11.5 Å². The number of esters is 1. The van der Waals surface area contributed by atoms with E-state index < -0.39 is 18.5 Å². The Kier molecular flexibility index (Phi) is 5.88. The summed E-state index contributed by atoms with van der Waals surface area (Å²) in [5.74, 6) is -1.89. The number of aromatic nitrogens is 1. The van der Waals surface area contributed by atoms with Gasteiger partial charge in [0.15, 0.2) is 11.5 Å². The van der Waals surface area contributed by atoms with Gasteiger partial charge in [0.2, 0.25) is 0 Å². The van der Waals surface area contributed by atoms with E-state index in [4.69, 9.17) is 16.3 Å². The molecule has 0 atom stereocenters. The van der Waals surface area contributed by atoms with Crippen LogP contribution in [0.25, 0.3) is 10.9 Å². The van der Waals surface area contributed by atoms with E-state index in [1.807, 2.05) is 0 Å². The van der Waals surface area contributed by atoms with Gasteiger partial charge < -0.3 is 24.5 Å². The lowest BCUT2D eigenvalue weighted by Crippen LogP contribution is -2.16. The second kappa shape index (κ2) is 8.36. The average molecular weight is 425 g/mol. The van der Waals surface area contributed by atoms with Gasteiger partial charge in [-0.25, -0.2) is 4.79 Å². The van der Waals surface area contributed by atoms with Crippen molar-refractivity contribution < 1.29 is 32.6 Å². The largest absolute Gasteiger partial charge is 0.493 e. The first-order chi connectivity index (χ1) is 13.8. The highest BCUT2D eigenvalue weighted by Gasteiger charge is 2.22. The molecule has 2 aromatic carbocycles. The number of fused-ring (bicyclic) bond motifs is 1. The predicted molar refractivity (Wildman–Crippen MR) is 102 cm³/mol. The number of alkyl halides is 2. The van der Waals surface area contributed by atoms with Crippen LogP contribution < -0.4 is 14.8 Å². The zero-order valence-electron chi connectivity index (χ0n) is 15.2. The van der Waals surface area contributed by atoms with E-state index in [0.717, 1.165) is 19.2 Å². The topological polar surface area (TPSA) is 89.7 Å². The van der Waals surface area contributed by atoms with Crippen LogP contribution >= 0.6 is 11.6 Å². The summed E-state index contributed by atoms with van der Waals surface area (Å²) in [5, 5.41) is 3.70. The summed E-state index contributed by atoms with van der Waals surface area (Å²) in [6.45, 7) is -3.13. The van der Waals surface area contributed by atoms with Crippen molar-refractivity contribution in [1.82, 2.24) is 4.98 Å². The van der Waals surface area contributed by atoms with Gasteiger partial charge in [0.1, 0.15) is 5.69 Å². The smallest absolute Gasteiger partial charge is 0.387 e. The third kappa shape index (κ3) is 4.40. The Hall–Kier alpha value is -3.33. The summed E-state index contributed by atoms with van der Waals surface area (Å²) in [7, 11) is 2.37. The molecular weight excluding hydrogens is 410 g/mol. The third-order valence-electron chi connectivity index (χ3n) is 4.00. The Morgan fingerprint density at radius 1 is 1.10 bits per heavy atom. The van der Waals surface area contributed by atoms with Crippen molar-refractivity contribution in [2.75, 3.05) is 19.5 Å². The first kappa shape index (κ1) is 20.4. The van der Waals surface area contributed by atoms with Crippen molar-refractivity contribution in [3.05, 3.63) is 52.7 Å². The summed E-state index contributed by atoms with van der Waals surface area (Å²) in [6.07, 6.45) is 0. The molecule has 2 N–H and O–H groups in total. The van der Waals surface area contributed by atoms with Gasteiger partial charge >= 0.3 is 12.6 Å². The van der Waals surface area contributed by atoms with E-state index in [1.165, 1.54) is 7.11 Å². The van der Waals surface area contributed by atoms with Crippen molar-refractivity contribution in [1.29, 1.82) is 0 Å². The molecule has 3 rings (SSSR count). The van der Waals surface area contributed by atoms with E-state index >= 15 is 0 Å². The van der Waals surface area contributed by atoms with Gasteiger partial charge in [0.25, 0.3) is 5.91 Å². The van der Waals surface area contributed by atoms with E-state index in [9.17, 15) is 18.4 Å². The molecule has 0 aliphatic carbocycles. The number of H-pyrrole nitrogens is 1. The molecule has 0 fully saturated rings. The molecule has 7 nitrogen and oxygen atoms in total. The Labute approximate surface area is 168 Å². The molecule has 29 heavy (non-hydrogen) atoms. The summed E-state index contributed by atoms with van der Waals surface area (Å²) >= 11 is 5.94. The van der Waals surface area contributed by atoms with E-state index in [-0.39, 0.29) is 28.4 Å². The van der Waals surface area contributed by atoms with Crippen LogP contribution in [-0.2, 0) is 4.74 Å². The first-order valence-electron chi connectivity index (χ1n) is 8.17. The lowest BCUT2D eigenvalue weighted by Gasteiger charge is -2.15. The number of nitrogens with one attached hydrogen (secondary N) is 2. The average Bonchev–Trinajstić information content (AvgIpc) is 3.10. The fourth-order valence-corrected chi connectivity index (χ4v) is 2.89. The number of rotatable bonds is 6. The molecule has 1 amide bonds. The number of carbonyl (C=O) groups is 2. The number of benzene rings is 2. The van der Waals surface area contributed by atoms with E-state index in [0.29, 0.717) is 15.9 Å². The predicted octanol–water partition coefficient (Wildman–Crippen LogP) is 4.47. The van der Waals surface area contributed by atoms with Crippen LogP contribution in [0.5, 0.6) is 11.5 Å². The zero-order chi connectivity index (χ0) is 21.1. The van der Waals surface area contributed by atoms with Crippen LogP contribution in [-0.4, -0.2) is 37.7 Å². The lowest BCUT2D eigenvalue weighted by molar-refractivity contribution is -0.0511. The van der Waals surface area contributed by atoms with Crippen molar-refractivity contribution in [3.63, 3.8) is 0 Å². The standard InChI is InChI=1S/C19H15ClF2N2O5/c1-27-15-7-11(18(26)28-2)13(8-16(15)29-19(21)22)24-17(25)14-6-9-5-10(20)3-4-12(9)23-14/h3-8,19,23H,1-2H3,(H,24,25). The molecule has 0 unspecified atom stereocenters. The van der Waals surface area contributed by atoms with Gasteiger partial charge in [-0.1, -0.05) is 11.6 Å². The fraction of sp³-hybridized carbons (Fsp3) is 0.158. The van der Waals surface area contributed by atoms with Gasteiger partial charge in [-0.3, -0.25) is 4.79 Å². The van der Waals surface area contributed by atoms with Crippen molar-refractivity contribution in [2.45, 2.75) is 6.61 Å². The Balaban J connectivity index is 2.00. The number of hydrogen-bond donors (Lipinski definition) is 2. The maximum Gasteiger partial charge on any atom is 0.387 e. The maximum absolute atomic E-state index is 12.7. The SMILES string of the molecule is COC(=O)c1cc(OC)c(OC(F)F)cc1NC(=O)c1cc2cc(Cl)ccc2[nH]1. The second-order valence-electron chi connectivity index (χ2n) is 5.79. The molecule has 152 valence electrons. The van der Waals surface area contributed by atoms with Crippen LogP contribution in [0.15, 0.2) is 36.4 Å². The zero-order valence-corrected chi connectivity index (χ0v) is 16.0. The molecule has 0 bridgehead atoms. The number of anilines is 1. The molecule has 0 saturated heterocycles. The number of carbonyl (C=O) groups excluding carboxylic acids is 2. The first-order valence-corrected chi connectivity index (χ1v) is 8.55. The number of halogens is 3. The minimum absolute atomic E-state index is 0.0880. The highest BCUT2D eigenvalue weighted by molar-refractivity contribution is 6.31. The minimum atomic E-state index is -3.13. The third-order valence-corrected chi connectivity index (χ3v) is 4.24. The van der Waals surface area contributed by atoms with Crippen molar-refractivity contribution in [2.24, 2.45) is 0 Å². The summed E-state index contributed by atoms with van der Waals surface area (Å²) in [6, 6.07) is 8.81. The summed E-state index contributed by atoms with van der Waals surface area (Å²) < 4.78 is 39.5. The molecule has 1 heterocycles. The molecule has 0 aliphatic rings. The van der Waals surface area contributed by atoms with Crippen LogP contribution in [0.2, 0.25) is 5.02 Å². The summed E-state index contributed by atoms with van der Waals surface area (Å²) in [5.41, 5.74) is 0.655. The Morgan fingerprint density at radius 3 is 2.52 bits per heavy atom. The van der Waals surface area contributed by atoms with E-state index in [1.54, 1.807) is 24.3 Å². The number of aromatic amines is 1. The monoisotopic (exact) mass is 424 g/mol. The van der Waals surface area contributed by atoms with Gasteiger partial charge in [-0.15, -0.1) is 0 Å². The Morgan fingerprint density at radius 2 is 1.86 bits per heavy atom. The van der Waals surface area contributed by atoms with Gasteiger partial charge in [0.05, 0.1) is 25.5 Å². The van der Waals surface area contributed by atoms with Crippen molar-refractivity contribution >= 4 is 40.1 Å². The number of hydrogen-bond acceptors (Lipinski definition) is 5. The maximum atomic E-state index is 12.7. The van der Waals surface area contributed by atoms with E-state index in [2.05, 4.69) is 19.8 Å². The molecule has 10 heteroatoms. The quantitative estimate of drug-likeness (QED) is 0.570. The summed E-state index contributed by atoms with van der Waals surface area (Å²) in [4.78, 5) is 27.7.